The summed E-state index contributed by atoms with van der Waals surface area (Å²) in [6.07, 6.45) is 13.2. The van der Waals surface area contributed by atoms with Crippen molar-refractivity contribution in [3.8, 4) is 0 Å². The van der Waals surface area contributed by atoms with Gasteiger partial charge >= 0.3 is 0 Å². The molecule has 2 rings (SSSR count). The Balaban J connectivity index is 0.00000450. The Kier molecular flexibility index (Phi) is 13.6. The summed E-state index contributed by atoms with van der Waals surface area (Å²) in [5, 5.41) is 0. The van der Waals surface area contributed by atoms with E-state index in [-0.39, 0.29) is 17.0 Å². The monoisotopic (exact) mass is 538 g/mol. The van der Waals surface area contributed by atoms with Crippen LogP contribution in [0.2, 0.25) is 0 Å². The molecule has 0 aliphatic rings. The first-order valence-electron chi connectivity index (χ1n) is 11.4. The first-order valence-corrected chi connectivity index (χ1v) is 12.3. The smallest absolute Gasteiger partial charge is 0.107 e. The number of nitrogens with zero attached hydrogens (tertiary/aromatic N) is 1. The molecule has 3 atom stereocenters. The van der Waals surface area contributed by atoms with Gasteiger partial charge in [-0.1, -0.05) is 84.9 Å². The molecule has 0 bridgehead atoms. The van der Waals surface area contributed by atoms with E-state index in [1.54, 1.807) is 0 Å². The molecule has 0 saturated carbocycles. The minimum atomic E-state index is 0. The highest BCUT2D eigenvalue weighted by Gasteiger charge is 2.24. The van der Waals surface area contributed by atoms with E-state index in [1.807, 2.05) is 0 Å². The van der Waals surface area contributed by atoms with Gasteiger partial charge in [0.25, 0.3) is 0 Å². The van der Waals surface area contributed by atoms with Crippen molar-refractivity contribution < 1.29 is 0 Å². The van der Waals surface area contributed by atoms with Crippen molar-refractivity contribution in [1.29, 1.82) is 0 Å². The largest absolute Gasteiger partial charge is 0.346 e. The molecule has 1 aromatic heterocycles. The number of unbranched alkanes of at least 4 members (excludes halogenated alkanes) is 2. The van der Waals surface area contributed by atoms with Crippen LogP contribution in [0, 0.1) is 19.8 Å². The zero-order valence-corrected chi connectivity index (χ0v) is 22.3. The predicted octanol–water partition coefficient (Wildman–Crippen LogP) is 8.64. The van der Waals surface area contributed by atoms with E-state index in [4.69, 9.17) is 4.98 Å². The van der Waals surface area contributed by atoms with Crippen LogP contribution in [0.4, 0.5) is 0 Å². The van der Waals surface area contributed by atoms with Crippen LogP contribution in [0.1, 0.15) is 87.0 Å². The summed E-state index contributed by atoms with van der Waals surface area (Å²) in [7, 11) is 0. The summed E-state index contributed by atoms with van der Waals surface area (Å²) in [5.41, 5.74) is 3.71. The Morgan fingerprint density at radius 2 is 1.77 bits per heavy atom. The number of allylic oxidation sites excluding steroid dienone is 1. The maximum atomic E-state index is 4.78. The van der Waals surface area contributed by atoms with Crippen molar-refractivity contribution in [3.05, 3.63) is 65.8 Å². The van der Waals surface area contributed by atoms with Crippen LogP contribution < -0.4 is 0 Å². The average molecular weight is 540 g/mol. The molecule has 0 amide bonds. The van der Waals surface area contributed by atoms with Crippen LogP contribution in [-0.4, -0.2) is 14.8 Å². The van der Waals surface area contributed by atoms with Gasteiger partial charge in [-0.3, -0.25) is 0 Å². The molecule has 0 aliphatic carbocycles. The van der Waals surface area contributed by atoms with E-state index < -0.39 is 0 Å². The molecule has 2 aromatic rings. The van der Waals surface area contributed by atoms with Gasteiger partial charge in [0.15, 0.2) is 0 Å². The summed E-state index contributed by atoms with van der Waals surface area (Å²) in [6.45, 7) is 10.5. The summed E-state index contributed by atoms with van der Waals surface area (Å²) < 4.78 is 0. The number of H-pyrrole nitrogens is 1. The second-order valence-electron chi connectivity index (χ2n) is 8.42. The number of imidazole rings is 1. The predicted molar refractivity (Wildman–Crippen MR) is 140 cm³/mol. The Hall–Kier alpha value is -0.870. The Labute approximate surface area is 203 Å². The molecule has 0 fully saturated rings. The van der Waals surface area contributed by atoms with Gasteiger partial charge in [-0.25, -0.2) is 4.98 Å². The van der Waals surface area contributed by atoms with Crippen LogP contribution in [0.25, 0.3) is 0 Å². The first kappa shape index (κ1) is 27.2. The number of benzene rings is 1. The van der Waals surface area contributed by atoms with E-state index in [1.165, 1.54) is 56.2 Å². The van der Waals surface area contributed by atoms with Gasteiger partial charge in [0.05, 0.1) is 5.69 Å². The van der Waals surface area contributed by atoms with Gasteiger partial charge in [0.2, 0.25) is 0 Å². The maximum Gasteiger partial charge on any atom is 0.107 e. The fourth-order valence-electron chi connectivity index (χ4n) is 4.24. The number of alkyl halides is 1. The average Bonchev–Trinajstić information content (AvgIpc) is 3.03. The van der Waals surface area contributed by atoms with Crippen LogP contribution in [0.15, 0.2) is 43.0 Å². The lowest BCUT2D eigenvalue weighted by Gasteiger charge is -2.27. The first-order chi connectivity index (χ1) is 14.0. The maximum absolute atomic E-state index is 4.78. The fraction of sp³-hybridized carbons (Fsp3) is 0.577. The zero-order chi connectivity index (χ0) is 21.1. The minimum absolute atomic E-state index is 0. The molecule has 1 N–H and O–H groups in total. The SMILES string of the molecule is Br.C=CCC(CCCC(Br)CCCCC)C(Cc1nc(C)c(C)[nH]1)c1ccccc1. The number of aromatic nitrogens is 2. The molecule has 4 heteroatoms. The lowest BCUT2D eigenvalue weighted by atomic mass is 9.78. The van der Waals surface area contributed by atoms with Gasteiger partial charge in [-0.15, -0.1) is 23.6 Å². The van der Waals surface area contributed by atoms with Crippen molar-refractivity contribution in [3.63, 3.8) is 0 Å². The third kappa shape index (κ3) is 9.09. The third-order valence-electron chi connectivity index (χ3n) is 6.07. The standard InChI is InChI=1S/C26H39BrN2.BrH/c1-5-7-9-17-24(27)18-12-16-22(13-6-2)25(23-14-10-8-11-15-23)19-26-28-20(3)21(4)29-26;/h6,8,10-11,14-15,22,24-25H,2,5,7,9,12-13,16-19H2,1,3-4H3,(H,28,29);1H. The molecular formula is C26H40Br2N2. The fourth-order valence-corrected chi connectivity index (χ4v) is 4.89. The van der Waals surface area contributed by atoms with Crippen molar-refractivity contribution in [2.24, 2.45) is 5.92 Å². The number of rotatable bonds is 14. The highest BCUT2D eigenvalue weighted by atomic mass is 79.9. The summed E-state index contributed by atoms with van der Waals surface area (Å²) in [6, 6.07) is 11.0. The highest BCUT2D eigenvalue weighted by Crippen LogP contribution is 2.35. The molecular weight excluding hydrogens is 500 g/mol. The molecule has 0 aliphatic heterocycles. The van der Waals surface area contributed by atoms with Crippen LogP contribution in [-0.2, 0) is 6.42 Å². The van der Waals surface area contributed by atoms with E-state index >= 15 is 0 Å². The second-order valence-corrected chi connectivity index (χ2v) is 9.72. The van der Waals surface area contributed by atoms with Crippen molar-refractivity contribution in [1.82, 2.24) is 9.97 Å². The van der Waals surface area contributed by atoms with E-state index in [2.05, 4.69) is 84.7 Å². The van der Waals surface area contributed by atoms with E-state index in [9.17, 15) is 0 Å². The molecule has 0 radical (unpaired) electrons. The van der Waals surface area contributed by atoms with Crippen molar-refractivity contribution in [2.75, 3.05) is 0 Å². The van der Waals surface area contributed by atoms with E-state index in [0.717, 1.165) is 24.4 Å². The van der Waals surface area contributed by atoms with Crippen molar-refractivity contribution in [2.45, 2.75) is 89.3 Å². The summed E-state index contributed by atoms with van der Waals surface area (Å²) in [5.74, 6) is 2.17. The second kappa shape index (κ2) is 15.0. The minimum Gasteiger partial charge on any atom is -0.346 e. The number of hydrogen-bond acceptors (Lipinski definition) is 1. The van der Waals surface area contributed by atoms with Crippen LogP contribution in [0.3, 0.4) is 0 Å². The summed E-state index contributed by atoms with van der Waals surface area (Å²) in [4.78, 5) is 8.94. The molecule has 0 saturated heterocycles. The molecule has 1 aromatic carbocycles. The molecule has 1 heterocycles. The molecule has 2 nitrogen and oxygen atoms in total. The zero-order valence-electron chi connectivity index (χ0n) is 19.0. The Morgan fingerprint density at radius 3 is 2.37 bits per heavy atom. The Morgan fingerprint density at radius 1 is 1.07 bits per heavy atom. The lowest BCUT2D eigenvalue weighted by molar-refractivity contribution is 0.375. The van der Waals surface area contributed by atoms with E-state index in [0.29, 0.717) is 16.7 Å². The van der Waals surface area contributed by atoms with Gasteiger partial charge in [0.1, 0.15) is 5.82 Å². The number of hydrogen-bond donors (Lipinski definition) is 1. The van der Waals surface area contributed by atoms with Gasteiger partial charge < -0.3 is 4.98 Å². The van der Waals surface area contributed by atoms with Crippen LogP contribution in [0.5, 0.6) is 0 Å². The molecule has 0 spiro atoms. The number of aromatic amines is 1. The molecule has 30 heavy (non-hydrogen) atoms. The molecule has 168 valence electrons. The van der Waals surface area contributed by atoms with Gasteiger partial charge in [-0.05, 0) is 56.9 Å². The van der Waals surface area contributed by atoms with Gasteiger partial charge in [0, 0.05) is 16.9 Å². The number of nitrogens with one attached hydrogen (secondary N) is 1. The third-order valence-corrected chi connectivity index (χ3v) is 6.99. The lowest BCUT2D eigenvalue weighted by Crippen LogP contribution is -2.17. The van der Waals surface area contributed by atoms with Crippen LogP contribution >= 0.6 is 32.9 Å². The molecule has 3 unspecified atom stereocenters. The highest BCUT2D eigenvalue weighted by molar-refractivity contribution is 9.09. The van der Waals surface area contributed by atoms with Crippen molar-refractivity contribution >= 4 is 32.9 Å². The quantitative estimate of drug-likeness (QED) is 0.145. The topological polar surface area (TPSA) is 28.7 Å². The number of halogens is 2. The Bertz CT molecular complexity index is 692. The normalized spacial score (nSPS) is 14.0. The summed E-state index contributed by atoms with van der Waals surface area (Å²) >= 11 is 3.91. The number of aryl methyl sites for hydroxylation is 2. The van der Waals surface area contributed by atoms with Gasteiger partial charge in [-0.2, -0.15) is 0 Å².